The van der Waals surface area contributed by atoms with Gasteiger partial charge in [-0.2, -0.15) is 0 Å². The molecule has 1 fully saturated rings. The minimum Gasteiger partial charge on any atom is -0.380 e. The van der Waals surface area contributed by atoms with Crippen molar-refractivity contribution in [2.45, 2.75) is 39.8 Å². The van der Waals surface area contributed by atoms with E-state index in [1.165, 1.54) is 0 Å². The third kappa shape index (κ3) is 1.26. The van der Waals surface area contributed by atoms with E-state index in [4.69, 9.17) is 10.5 Å². The Morgan fingerprint density at radius 1 is 1.08 bits per heavy atom. The van der Waals surface area contributed by atoms with Crippen LogP contribution in [-0.2, 0) is 4.74 Å². The molecule has 0 aromatic heterocycles. The van der Waals surface area contributed by atoms with Crippen molar-refractivity contribution in [2.24, 2.45) is 16.6 Å². The predicted octanol–water partition coefficient (Wildman–Crippen LogP) is 1.82. The molecule has 2 nitrogen and oxygen atoms in total. The van der Waals surface area contributed by atoms with E-state index in [-0.39, 0.29) is 29.3 Å². The number of nitrogens with two attached hydrogens (primary N) is 1. The number of hydrogen-bond acceptors (Lipinski definition) is 2. The molecule has 1 rings (SSSR count). The van der Waals surface area contributed by atoms with Crippen molar-refractivity contribution in [3.63, 3.8) is 0 Å². The van der Waals surface area contributed by atoms with Gasteiger partial charge in [0.1, 0.15) is 0 Å². The van der Waals surface area contributed by atoms with E-state index in [1.54, 1.807) is 7.11 Å². The van der Waals surface area contributed by atoms with Crippen LogP contribution in [0.2, 0.25) is 0 Å². The summed E-state index contributed by atoms with van der Waals surface area (Å²) >= 11 is 0. The number of ether oxygens (including phenoxy) is 1. The van der Waals surface area contributed by atoms with Crippen molar-refractivity contribution < 1.29 is 4.74 Å². The molecule has 0 saturated heterocycles. The molecule has 0 aromatic rings. The molecule has 0 radical (unpaired) electrons. The van der Waals surface area contributed by atoms with Gasteiger partial charge in [0.2, 0.25) is 0 Å². The van der Waals surface area contributed by atoms with Gasteiger partial charge in [0, 0.05) is 24.0 Å². The van der Waals surface area contributed by atoms with Crippen molar-refractivity contribution in [3.05, 3.63) is 0 Å². The Bertz CT molecular complexity index is 152. The van der Waals surface area contributed by atoms with Gasteiger partial charge in [0.05, 0.1) is 6.10 Å². The van der Waals surface area contributed by atoms with Crippen molar-refractivity contribution in [1.82, 2.24) is 0 Å². The lowest BCUT2D eigenvalue weighted by Crippen LogP contribution is -2.71. The van der Waals surface area contributed by atoms with Crippen LogP contribution in [0.4, 0.5) is 0 Å². The molecule has 1 aliphatic carbocycles. The topological polar surface area (TPSA) is 35.2 Å². The first kappa shape index (κ1) is 12.2. The summed E-state index contributed by atoms with van der Waals surface area (Å²) in [6, 6.07) is 0.250. The molecule has 0 unspecified atom stereocenters. The Balaban J connectivity index is 0.00000121. The van der Waals surface area contributed by atoms with Crippen LogP contribution in [0.1, 0.15) is 27.7 Å². The highest BCUT2D eigenvalue weighted by molar-refractivity contribution is 5.85. The summed E-state index contributed by atoms with van der Waals surface area (Å²) in [7, 11) is 1.76. The predicted molar refractivity (Wildman–Crippen MR) is 53.6 cm³/mol. The monoisotopic (exact) mass is 193 g/mol. The maximum Gasteiger partial charge on any atom is 0.0703 e. The summed E-state index contributed by atoms with van der Waals surface area (Å²) in [6.07, 6.45) is 0.296. The SMILES string of the molecule is COC1C(C)(C)C(N)C1(C)C.Cl. The van der Waals surface area contributed by atoms with Crippen molar-refractivity contribution in [3.8, 4) is 0 Å². The molecule has 12 heavy (non-hydrogen) atoms. The fourth-order valence-corrected chi connectivity index (χ4v) is 2.76. The van der Waals surface area contributed by atoms with Gasteiger partial charge >= 0.3 is 0 Å². The number of rotatable bonds is 1. The van der Waals surface area contributed by atoms with Crippen LogP contribution in [0.5, 0.6) is 0 Å². The Hall–Kier alpha value is 0.210. The minimum atomic E-state index is 0. The smallest absolute Gasteiger partial charge is 0.0703 e. The van der Waals surface area contributed by atoms with Crippen LogP contribution in [0.15, 0.2) is 0 Å². The van der Waals surface area contributed by atoms with Crippen LogP contribution in [0.3, 0.4) is 0 Å². The first-order valence-corrected chi connectivity index (χ1v) is 4.13. The average Bonchev–Trinajstić information content (AvgIpc) is 1.86. The van der Waals surface area contributed by atoms with Crippen molar-refractivity contribution in [2.75, 3.05) is 7.11 Å². The molecule has 2 N–H and O–H groups in total. The molecule has 0 amide bonds. The molecule has 3 heteroatoms. The van der Waals surface area contributed by atoms with E-state index in [1.807, 2.05) is 0 Å². The lowest BCUT2D eigenvalue weighted by Gasteiger charge is -2.61. The molecule has 0 aliphatic heterocycles. The van der Waals surface area contributed by atoms with Crippen LogP contribution in [0.25, 0.3) is 0 Å². The first-order chi connectivity index (χ1) is 4.85. The average molecular weight is 194 g/mol. The van der Waals surface area contributed by atoms with Crippen LogP contribution >= 0.6 is 12.4 Å². The van der Waals surface area contributed by atoms with Gasteiger partial charge in [0.25, 0.3) is 0 Å². The van der Waals surface area contributed by atoms with Crippen molar-refractivity contribution in [1.29, 1.82) is 0 Å². The van der Waals surface area contributed by atoms with Gasteiger partial charge in [-0.05, 0) is 0 Å². The number of hydrogen-bond donors (Lipinski definition) is 1. The largest absolute Gasteiger partial charge is 0.380 e. The maximum atomic E-state index is 6.02. The zero-order valence-electron chi connectivity index (χ0n) is 8.55. The van der Waals surface area contributed by atoms with Crippen LogP contribution in [0, 0.1) is 10.8 Å². The zero-order valence-corrected chi connectivity index (χ0v) is 9.37. The third-order valence-electron chi connectivity index (χ3n) is 3.19. The van der Waals surface area contributed by atoms with Gasteiger partial charge in [-0.15, -0.1) is 12.4 Å². The second-order valence-electron chi connectivity index (χ2n) is 4.74. The quantitative estimate of drug-likeness (QED) is 0.690. The first-order valence-electron chi connectivity index (χ1n) is 4.13. The summed E-state index contributed by atoms with van der Waals surface area (Å²) in [4.78, 5) is 0. The molecule has 0 aromatic carbocycles. The molecule has 0 spiro atoms. The molecular formula is C9H20ClNO. The normalized spacial score (nSPS) is 36.5. The van der Waals surface area contributed by atoms with Gasteiger partial charge in [0.15, 0.2) is 0 Å². The van der Waals surface area contributed by atoms with Gasteiger partial charge in [-0.3, -0.25) is 0 Å². The number of methoxy groups -OCH3 is 1. The molecule has 0 atom stereocenters. The van der Waals surface area contributed by atoms with Gasteiger partial charge < -0.3 is 10.5 Å². The highest BCUT2D eigenvalue weighted by Crippen LogP contribution is 2.53. The third-order valence-corrected chi connectivity index (χ3v) is 3.19. The second-order valence-corrected chi connectivity index (χ2v) is 4.74. The van der Waals surface area contributed by atoms with E-state index in [0.717, 1.165) is 0 Å². The summed E-state index contributed by atoms with van der Waals surface area (Å²) in [5.74, 6) is 0. The van der Waals surface area contributed by atoms with Crippen LogP contribution < -0.4 is 5.73 Å². The molecular weight excluding hydrogens is 174 g/mol. The van der Waals surface area contributed by atoms with E-state index < -0.39 is 0 Å². The van der Waals surface area contributed by atoms with E-state index in [2.05, 4.69) is 27.7 Å². The summed E-state index contributed by atoms with van der Waals surface area (Å²) in [6.45, 7) is 8.66. The lowest BCUT2D eigenvalue weighted by atomic mass is 9.50. The lowest BCUT2D eigenvalue weighted by molar-refractivity contribution is -0.187. The van der Waals surface area contributed by atoms with Crippen LogP contribution in [-0.4, -0.2) is 19.3 Å². The Labute approximate surface area is 81.3 Å². The molecule has 1 aliphatic rings. The Morgan fingerprint density at radius 2 is 1.42 bits per heavy atom. The second kappa shape index (κ2) is 3.17. The fraction of sp³-hybridized carbons (Fsp3) is 1.00. The standard InChI is InChI=1S/C9H19NO.ClH/c1-8(2)6(10)9(3,4)7(8)11-5;/h6-7H,10H2,1-5H3;1H. The summed E-state index contributed by atoms with van der Waals surface area (Å²) in [5, 5.41) is 0. The summed E-state index contributed by atoms with van der Waals surface area (Å²) in [5.41, 5.74) is 6.29. The fourth-order valence-electron chi connectivity index (χ4n) is 2.76. The molecule has 74 valence electrons. The van der Waals surface area contributed by atoms with E-state index in [0.29, 0.717) is 6.10 Å². The van der Waals surface area contributed by atoms with Gasteiger partial charge in [-0.25, -0.2) is 0 Å². The Morgan fingerprint density at radius 3 is 1.58 bits per heavy atom. The Kier molecular flexibility index (Phi) is 3.22. The summed E-state index contributed by atoms with van der Waals surface area (Å²) < 4.78 is 5.41. The maximum absolute atomic E-state index is 6.02. The number of halogens is 1. The highest BCUT2D eigenvalue weighted by Gasteiger charge is 2.60. The zero-order chi connectivity index (χ0) is 8.86. The molecule has 0 bridgehead atoms. The minimum absolute atomic E-state index is 0. The van der Waals surface area contributed by atoms with E-state index >= 15 is 0 Å². The van der Waals surface area contributed by atoms with E-state index in [9.17, 15) is 0 Å². The highest BCUT2D eigenvalue weighted by atomic mass is 35.5. The molecule has 1 saturated carbocycles. The molecule has 0 heterocycles. The van der Waals surface area contributed by atoms with Crippen molar-refractivity contribution >= 4 is 12.4 Å². The van der Waals surface area contributed by atoms with Gasteiger partial charge in [-0.1, -0.05) is 27.7 Å².